The molecule has 4 rings (SSSR count). The number of aliphatic hydroxyl groups excluding tert-OH is 2. The maximum Gasteiger partial charge on any atom is 0.261 e. The summed E-state index contributed by atoms with van der Waals surface area (Å²) in [5, 5.41) is 19.0. The number of hydrogen-bond donors (Lipinski definition) is 2. The Labute approximate surface area is 339 Å². The Morgan fingerprint density at radius 2 is 0.732 bits per heavy atom. The van der Waals surface area contributed by atoms with Crippen molar-refractivity contribution in [2.75, 3.05) is 63.3 Å². The molecule has 2 aromatic carbocycles. The number of hydrogen-bond acceptors (Lipinski definition) is 6. The Morgan fingerprint density at radius 1 is 0.446 bits per heavy atom. The molecule has 8 heteroatoms. The molecule has 0 spiro atoms. The predicted molar refractivity (Wildman–Crippen MR) is 235 cm³/mol. The van der Waals surface area contributed by atoms with Gasteiger partial charge in [-0.2, -0.15) is 0 Å². The number of nitrogens with zero attached hydrogens (tertiary/aromatic N) is 4. The molecule has 0 aromatic heterocycles. The number of carbonyl (C=O) groups is 2. The fraction of sp³-hybridized carbons (Fsp3) is 0.625. The molecule has 310 valence electrons. The maximum atomic E-state index is 14.8. The molecule has 2 heterocycles. The van der Waals surface area contributed by atoms with Gasteiger partial charge in [-0.25, -0.2) is 0 Å². The van der Waals surface area contributed by atoms with E-state index in [0.717, 1.165) is 72.4 Å². The highest BCUT2D eigenvalue weighted by Gasteiger charge is 2.48. The summed E-state index contributed by atoms with van der Waals surface area (Å²) >= 11 is 0. The molecule has 0 saturated heterocycles. The van der Waals surface area contributed by atoms with Gasteiger partial charge < -0.3 is 29.8 Å². The van der Waals surface area contributed by atoms with Crippen LogP contribution in [-0.2, 0) is 9.59 Å². The van der Waals surface area contributed by atoms with Gasteiger partial charge in [0, 0.05) is 51.6 Å². The topological polar surface area (TPSA) is 87.6 Å². The second kappa shape index (κ2) is 24.9. The molecule has 0 aliphatic carbocycles. The van der Waals surface area contributed by atoms with E-state index in [2.05, 4.69) is 13.8 Å². The van der Waals surface area contributed by atoms with Crippen molar-refractivity contribution in [2.24, 2.45) is 0 Å². The average molecular weight is 771 g/mol. The SMILES string of the molecule is CCCCCCCCCCCCN1C(=O)C2=C(c3ccc(N(C)CCO)cc3)N(CCCCCCCCCCCC)C(=O)C2=C1c1ccc(N(C)CCO)cc1. The first-order chi connectivity index (χ1) is 27.4. The first-order valence-electron chi connectivity index (χ1n) is 22.3. The van der Waals surface area contributed by atoms with Crippen LogP contribution in [0.15, 0.2) is 59.7 Å². The van der Waals surface area contributed by atoms with Crippen LogP contribution in [-0.4, -0.2) is 85.3 Å². The summed E-state index contributed by atoms with van der Waals surface area (Å²) in [5.41, 5.74) is 6.19. The van der Waals surface area contributed by atoms with Crippen molar-refractivity contribution in [3.05, 3.63) is 70.8 Å². The van der Waals surface area contributed by atoms with Crippen LogP contribution in [0.3, 0.4) is 0 Å². The second-order valence-corrected chi connectivity index (χ2v) is 16.1. The fourth-order valence-electron chi connectivity index (χ4n) is 8.24. The van der Waals surface area contributed by atoms with Gasteiger partial charge in [0.1, 0.15) is 0 Å². The first-order valence-corrected chi connectivity index (χ1v) is 22.3. The zero-order valence-electron chi connectivity index (χ0n) is 35.5. The minimum atomic E-state index is -0.0807. The summed E-state index contributed by atoms with van der Waals surface area (Å²) in [6, 6.07) is 16.2. The monoisotopic (exact) mass is 771 g/mol. The van der Waals surface area contributed by atoms with E-state index in [1.165, 1.54) is 89.9 Å². The number of aliphatic hydroxyl groups is 2. The van der Waals surface area contributed by atoms with Crippen LogP contribution in [0.4, 0.5) is 11.4 Å². The van der Waals surface area contributed by atoms with E-state index in [9.17, 15) is 19.8 Å². The summed E-state index contributed by atoms with van der Waals surface area (Å²) in [7, 11) is 3.91. The zero-order valence-corrected chi connectivity index (χ0v) is 35.5. The Hall–Kier alpha value is -3.62. The highest BCUT2D eigenvalue weighted by Crippen LogP contribution is 2.47. The molecule has 2 N–H and O–H groups in total. The Kier molecular flexibility index (Phi) is 20.0. The van der Waals surface area contributed by atoms with Crippen molar-refractivity contribution in [3.8, 4) is 0 Å². The number of carbonyl (C=O) groups excluding carboxylic acids is 2. The molecular weight excluding hydrogens is 697 g/mol. The standard InChI is InChI=1S/C48H74N4O4/c1-5-7-9-11-13-15-17-19-21-23-33-51-45(39-25-29-41(30-26-39)49(3)35-37-53)43-44(47(51)55)46(40-27-31-42(32-28-40)50(4)36-38-54)52(48(43)56)34-24-22-20-18-16-14-12-10-8-6-2/h25-32,53-54H,5-24,33-38H2,1-4H3. The van der Waals surface area contributed by atoms with Gasteiger partial charge in [-0.05, 0) is 48.2 Å². The Morgan fingerprint density at radius 3 is 1.02 bits per heavy atom. The van der Waals surface area contributed by atoms with Crippen LogP contribution >= 0.6 is 0 Å². The zero-order chi connectivity index (χ0) is 40.1. The lowest BCUT2D eigenvalue weighted by molar-refractivity contribution is -0.124. The molecule has 56 heavy (non-hydrogen) atoms. The number of rotatable bonds is 30. The van der Waals surface area contributed by atoms with Gasteiger partial charge >= 0.3 is 0 Å². The van der Waals surface area contributed by atoms with Crippen molar-refractivity contribution in [1.82, 2.24) is 9.80 Å². The van der Waals surface area contributed by atoms with Crippen LogP contribution in [0.25, 0.3) is 11.4 Å². The minimum absolute atomic E-state index is 0.0632. The first kappa shape index (κ1) is 45.1. The van der Waals surface area contributed by atoms with E-state index in [0.29, 0.717) is 37.3 Å². The number of unbranched alkanes of at least 4 members (excludes halogenated alkanes) is 18. The Bertz CT molecular complexity index is 1420. The fourth-order valence-corrected chi connectivity index (χ4v) is 8.24. The van der Waals surface area contributed by atoms with Crippen LogP contribution in [0.5, 0.6) is 0 Å². The molecule has 0 atom stereocenters. The van der Waals surface area contributed by atoms with E-state index >= 15 is 0 Å². The van der Waals surface area contributed by atoms with E-state index in [4.69, 9.17) is 0 Å². The van der Waals surface area contributed by atoms with Crippen LogP contribution in [0, 0.1) is 0 Å². The molecule has 2 aliphatic rings. The van der Waals surface area contributed by atoms with Crippen molar-refractivity contribution < 1.29 is 19.8 Å². The minimum Gasteiger partial charge on any atom is -0.395 e. The quantitative estimate of drug-likeness (QED) is 0.0770. The summed E-state index contributed by atoms with van der Waals surface area (Å²) in [6.45, 7) is 6.84. The van der Waals surface area contributed by atoms with Crippen molar-refractivity contribution in [1.29, 1.82) is 0 Å². The highest BCUT2D eigenvalue weighted by atomic mass is 16.3. The highest BCUT2D eigenvalue weighted by molar-refractivity contribution is 6.30. The Balaban J connectivity index is 1.60. The van der Waals surface area contributed by atoms with Crippen LogP contribution in [0.2, 0.25) is 0 Å². The molecule has 0 fully saturated rings. The molecule has 8 nitrogen and oxygen atoms in total. The van der Waals surface area contributed by atoms with Gasteiger partial charge in [0.25, 0.3) is 11.8 Å². The number of likely N-dealkylation sites (N-methyl/N-ethyl adjacent to an activating group) is 2. The molecule has 0 radical (unpaired) electrons. The van der Waals surface area contributed by atoms with Crippen LogP contribution < -0.4 is 9.80 Å². The van der Waals surface area contributed by atoms with Gasteiger partial charge in [-0.15, -0.1) is 0 Å². The lowest BCUT2D eigenvalue weighted by Gasteiger charge is -2.26. The third kappa shape index (κ3) is 12.7. The molecule has 2 aromatic rings. The van der Waals surface area contributed by atoms with E-state index in [1.807, 2.05) is 82.2 Å². The average Bonchev–Trinajstić information content (AvgIpc) is 3.65. The lowest BCUT2D eigenvalue weighted by Crippen LogP contribution is -2.31. The van der Waals surface area contributed by atoms with E-state index in [1.54, 1.807) is 0 Å². The summed E-state index contributed by atoms with van der Waals surface area (Å²) < 4.78 is 0. The largest absolute Gasteiger partial charge is 0.395 e. The molecule has 0 bridgehead atoms. The number of benzene rings is 2. The second-order valence-electron chi connectivity index (χ2n) is 16.1. The molecule has 2 aliphatic heterocycles. The van der Waals surface area contributed by atoms with Crippen LogP contribution in [0.1, 0.15) is 153 Å². The predicted octanol–water partition coefficient (Wildman–Crippen LogP) is 10.2. The summed E-state index contributed by atoms with van der Waals surface area (Å²) in [6.07, 6.45) is 24.3. The number of fused-ring (bicyclic) bond motifs is 1. The number of anilines is 2. The van der Waals surface area contributed by atoms with Gasteiger partial charge in [0.15, 0.2) is 0 Å². The molecular formula is C48H74N4O4. The van der Waals surface area contributed by atoms with Crippen molar-refractivity contribution in [3.63, 3.8) is 0 Å². The summed E-state index contributed by atoms with van der Waals surface area (Å²) in [4.78, 5) is 37.3. The number of amides is 2. The summed E-state index contributed by atoms with van der Waals surface area (Å²) in [5.74, 6) is -0.161. The molecule has 0 unspecified atom stereocenters. The van der Waals surface area contributed by atoms with Gasteiger partial charge in [0.2, 0.25) is 0 Å². The van der Waals surface area contributed by atoms with Crippen molar-refractivity contribution >= 4 is 34.6 Å². The smallest absolute Gasteiger partial charge is 0.261 e. The third-order valence-electron chi connectivity index (χ3n) is 11.7. The lowest BCUT2D eigenvalue weighted by atomic mass is 10.0. The van der Waals surface area contributed by atoms with E-state index in [-0.39, 0.29) is 25.0 Å². The van der Waals surface area contributed by atoms with E-state index < -0.39 is 0 Å². The maximum absolute atomic E-state index is 14.8. The van der Waals surface area contributed by atoms with Gasteiger partial charge in [-0.1, -0.05) is 154 Å². The molecule has 0 saturated carbocycles. The van der Waals surface area contributed by atoms with Gasteiger partial charge in [-0.3, -0.25) is 9.59 Å². The van der Waals surface area contributed by atoms with Gasteiger partial charge in [0.05, 0.1) is 35.8 Å². The normalized spacial score (nSPS) is 14.2. The van der Waals surface area contributed by atoms with Crippen molar-refractivity contribution in [2.45, 2.75) is 142 Å². The third-order valence-corrected chi connectivity index (χ3v) is 11.7. The molecule has 2 amide bonds.